The first kappa shape index (κ1) is 21.3. The molecule has 4 aromatic rings. The third kappa shape index (κ3) is 4.71. The molecule has 0 amide bonds. The van der Waals surface area contributed by atoms with Gasteiger partial charge in [-0.3, -0.25) is 0 Å². The molecular formula is C27H27BNO2. The Labute approximate surface area is 185 Å². The summed E-state index contributed by atoms with van der Waals surface area (Å²) < 4.78 is 5.87. The van der Waals surface area contributed by atoms with Crippen LogP contribution in [0.25, 0.3) is 33.3 Å². The van der Waals surface area contributed by atoms with Crippen LogP contribution in [0, 0.1) is 0 Å². The van der Waals surface area contributed by atoms with Gasteiger partial charge in [0.15, 0.2) is 0 Å². The van der Waals surface area contributed by atoms with E-state index in [1.54, 1.807) is 21.3 Å². The molecule has 0 spiro atoms. The molecule has 31 heavy (non-hydrogen) atoms. The van der Waals surface area contributed by atoms with E-state index in [1.807, 2.05) is 44.2 Å². The predicted molar refractivity (Wildman–Crippen MR) is 129 cm³/mol. The van der Waals surface area contributed by atoms with Gasteiger partial charge in [-0.25, -0.2) is 4.98 Å². The van der Waals surface area contributed by atoms with E-state index in [1.165, 1.54) is 11.1 Å². The highest BCUT2D eigenvalue weighted by molar-refractivity contribution is 6.47. The van der Waals surface area contributed by atoms with Crippen LogP contribution in [0.5, 0.6) is 0 Å². The van der Waals surface area contributed by atoms with E-state index in [4.69, 9.17) is 9.64 Å². The highest BCUT2D eigenvalue weighted by atomic mass is 16.5. The summed E-state index contributed by atoms with van der Waals surface area (Å²) in [5.41, 5.74) is 4.66. The second kappa shape index (κ2) is 8.29. The minimum atomic E-state index is -0.952. The molecule has 1 aromatic heterocycles. The van der Waals surface area contributed by atoms with Crippen molar-refractivity contribution in [1.29, 1.82) is 0 Å². The Balaban J connectivity index is 1.53. The van der Waals surface area contributed by atoms with Gasteiger partial charge in [0.2, 0.25) is 0 Å². The van der Waals surface area contributed by atoms with Gasteiger partial charge in [-0.2, -0.15) is 0 Å². The third-order valence-electron chi connectivity index (χ3n) is 5.96. The molecule has 3 nitrogen and oxygen atoms in total. The van der Waals surface area contributed by atoms with Crippen LogP contribution in [0.3, 0.4) is 0 Å². The summed E-state index contributed by atoms with van der Waals surface area (Å²) >= 11 is 0. The number of rotatable bonds is 6. The maximum Gasteiger partial charge on any atom is 0.330 e. The van der Waals surface area contributed by atoms with Gasteiger partial charge < -0.3 is 9.76 Å². The number of hydrogen-bond donors (Lipinski definition) is 1. The van der Waals surface area contributed by atoms with Crippen molar-refractivity contribution < 1.29 is 9.76 Å². The maximum absolute atomic E-state index is 10.3. The molecular weight excluding hydrogens is 381 g/mol. The van der Waals surface area contributed by atoms with Crippen molar-refractivity contribution in [3.8, 4) is 22.4 Å². The quantitative estimate of drug-likeness (QED) is 0.436. The van der Waals surface area contributed by atoms with Crippen LogP contribution in [-0.4, -0.2) is 28.8 Å². The van der Waals surface area contributed by atoms with Crippen molar-refractivity contribution in [2.45, 2.75) is 38.9 Å². The average molecular weight is 408 g/mol. The van der Waals surface area contributed by atoms with Crippen LogP contribution in [0.1, 0.15) is 27.7 Å². The lowest BCUT2D eigenvalue weighted by atomic mass is 9.82. The zero-order valence-electron chi connectivity index (χ0n) is 18.5. The molecule has 1 radical (unpaired) electrons. The van der Waals surface area contributed by atoms with E-state index < -0.39 is 11.2 Å². The number of pyridine rings is 1. The van der Waals surface area contributed by atoms with E-state index in [9.17, 15) is 5.11 Å². The van der Waals surface area contributed by atoms with Crippen molar-refractivity contribution in [3.05, 3.63) is 84.9 Å². The molecule has 0 aliphatic rings. The standard InChI is InChI=1S/C27H27BNO2/c1-26(2,30)27(3,4)31-28-23-15-17-25-22(18-23)14-16-24(29-25)21-12-10-20(11-13-21)19-8-6-5-7-9-19/h5-18,30H,1-4H3. The Kier molecular flexibility index (Phi) is 5.70. The summed E-state index contributed by atoms with van der Waals surface area (Å²) in [6, 6.07) is 29.0. The van der Waals surface area contributed by atoms with Crippen LogP contribution in [-0.2, 0) is 4.65 Å². The summed E-state index contributed by atoms with van der Waals surface area (Å²) in [5, 5.41) is 11.3. The minimum Gasteiger partial charge on any atom is -0.427 e. The van der Waals surface area contributed by atoms with Gasteiger partial charge in [-0.1, -0.05) is 78.3 Å². The second-order valence-electron chi connectivity index (χ2n) is 8.90. The monoisotopic (exact) mass is 408 g/mol. The van der Waals surface area contributed by atoms with Gasteiger partial charge >= 0.3 is 7.48 Å². The van der Waals surface area contributed by atoms with Crippen molar-refractivity contribution in [2.24, 2.45) is 0 Å². The van der Waals surface area contributed by atoms with E-state index in [0.717, 1.165) is 27.6 Å². The molecule has 0 saturated heterocycles. The molecule has 1 N–H and O–H groups in total. The fourth-order valence-corrected chi connectivity index (χ4v) is 3.20. The first-order chi connectivity index (χ1) is 14.7. The molecule has 0 atom stereocenters. The normalized spacial score (nSPS) is 12.2. The van der Waals surface area contributed by atoms with Gasteiger partial charge in [0.1, 0.15) is 0 Å². The lowest BCUT2D eigenvalue weighted by Crippen LogP contribution is -2.49. The number of aromatic nitrogens is 1. The number of fused-ring (bicyclic) bond motifs is 1. The summed E-state index contributed by atoms with van der Waals surface area (Å²) in [7, 11) is 1.70. The van der Waals surface area contributed by atoms with Gasteiger partial charge in [-0.15, -0.1) is 0 Å². The summed E-state index contributed by atoms with van der Waals surface area (Å²) in [6.45, 7) is 7.25. The molecule has 0 aliphatic carbocycles. The molecule has 4 rings (SSSR count). The molecule has 0 bridgehead atoms. The van der Waals surface area contributed by atoms with Crippen molar-refractivity contribution in [2.75, 3.05) is 0 Å². The average Bonchev–Trinajstić information content (AvgIpc) is 2.77. The molecule has 4 heteroatoms. The molecule has 0 aliphatic heterocycles. The highest BCUT2D eigenvalue weighted by Gasteiger charge is 2.35. The zero-order chi connectivity index (χ0) is 22.1. The van der Waals surface area contributed by atoms with Crippen LogP contribution < -0.4 is 5.46 Å². The van der Waals surface area contributed by atoms with Crippen LogP contribution in [0.15, 0.2) is 84.9 Å². The second-order valence-corrected chi connectivity index (χ2v) is 8.90. The van der Waals surface area contributed by atoms with Crippen LogP contribution in [0.2, 0.25) is 0 Å². The third-order valence-corrected chi connectivity index (χ3v) is 5.96. The van der Waals surface area contributed by atoms with E-state index in [2.05, 4.69) is 54.6 Å². The van der Waals surface area contributed by atoms with Crippen molar-refractivity contribution in [3.63, 3.8) is 0 Å². The van der Waals surface area contributed by atoms with Gasteiger partial charge in [-0.05, 0) is 56.3 Å². The van der Waals surface area contributed by atoms with E-state index in [0.29, 0.717) is 0 Å². The first-order valence-electron chi connectivity index (χ1n) is 10.5. The molecule has 0 unspecified atom stereocenters. The van der Waals surface area contributed by atoms with E-state index >= 15 is 0 Å². The lowest BCUT2D eigenvalue weighted by molar-refractivity contribution is -0.0893. The summed E-state index contributed by atoms with van der Waals surface area (Å²) in [6.07, 6.45) is 0. The van der Waals surface area contributed by atoms with Crippen LogP contribution in [0.4, 0.5) is 0 Å². The maximum atomic E-state index is 10.3. The van der Waals surface area contributed by atoms with Gasteiger partial charge in [0, 0.05) is 5.56 Å². The number of hydrogen-bond acceptors (Lipinski definition) is 3. The molecule has 3 aromatic carbocycles. The van der Waals surface area contributed by atoms with E-state index in [-0.39, 0.29) is 0 Å². The Hall–Kier alpha value is -2.95. The first-order valence-corrected chi connectivity index (χ1v) is 10.5. The Bertz CT molecular complexity index is 1180. The molecule has 155 valence electrons. The lowest BCUT2D eigenvalue weighted by Gasteiger charge is -2.37. The predicted octanol–water partition coefficient (Wildman–Crippen LogP) is 5.38. The fourth-order valence-electron chi connectivity index (χ4n) is 3.20. The van der Waals surface area contributed by atoms with Gasteiger partial charge in [0.05, 0.1) is 22.4 Å². The number of benzene rings is 3. The highest BCUT2D eigenvalue weighted by Crippen LogP contribution is 2.26. The number of aliphatic hydroxyl groups is 1. The zero-order valence-corrected chi connectivity index (χ0v) is 18.5. The van der Waals surface area contributed by atoms with Gasteiger partial charge in [0.25, 0.3) is 0 Å². The molecule has 0 saturated carbocycles. The van der Waals surface area contributed by atoms with Crippen molar-refractivity contribution >= 4 is 23.8 Å². The van der Waals surface area contributed by atoms with Crippen molar-refractivity contribution in [1.82, 2.24) is 4.98 Å². The SMILES string of the molecule is CC(C)(O)C(C)(C)O[B]c1ccc2nc(-c3ccc(-c4ccccc4)cc3)ccc2c1. The Morgan fingerprint density at radius 3 is 2.06 bits per heavy atom. The number of nitrogens with zero attached hydrogens (tertiary/aromatic N) is 1. The smallest absolute Gasteiger partial charge is 0.330 e. The molecule has 0 fully saturated rings. The summed E-state index contributed by atoms with van der Waals surface area (Å²) in [5.74, 6) is 0. The summed E-state index contributed by atoms with van der Waals surface area (Å²) in [4.78, 5) is 4.84. The fraction of sp³-hybridized carbons (Fsp3) is 0.222. The topological polar surface area (TPSA) is 42.4 Å². The minimum absolute atomic E-state index is 0.698. The Morgan fingerprint density at radius 2 is 1.39 bits per heavy atom. The largest absolute Gasteiger partial charge is 0.427 e. The molecule has 1 heterocycles. The van der Waals surface area contributed by atoms with Crippen LogP contribution >= 0.6 is 0 Å². The Morgan fingerprint density at radius 1 is 0.742 bits per heavy atom.